The third-order valence-electron chi connectivity index (χ3n) is 4.64. The number of benzene rings is 2. The molecule has 3 rings (SSSR count). The predicted molar refractivity (Wildman–Crippen MR) is 118 cm³/mol. The molecule has 3 amide bonds. The third-order valence-corrected chi connectivity index (χ3v) is 5.55. The van der Waals surface area contributed by atoms with Crippen LogP contribution in [0.4, 0.5) is 20.6 Å². The molecule has 0 saturated carbocycles. The zero-order valence-electron chi connectivity index (χ0n) is 16.7. The van der Waals surface area contributed by atoms with Crippen LogP contribution in [0.5, 0.6) is 0 Å². The molecule has 1 saturated heterocycles. The van der Waals surface area contributed by atoms with Crippen molar-refractivity contribution in [2.45, 2.75) is 13.8 Å². The van der Waals surface area contributed by atoms with Gasteiger partial charge in [-0.25, -0.2) is 4.39 Å². The van der Waals surface area contributed by atoms with Gasteiger partial charge in [-0.3, -0.25) is 19.3 Å². The lowest BCUT2D eigenvalue weighted by Gasteiger charge is -2.20. The van der Waals surface area contributed by atoms with Crippen molar-refractivity contribution in [2.24, 2.45) is 0 Å². The molecule has 0 aliphatic carbocycles. The van der Waals surface area contributed by atoms with Crippen molar-refractivity contribution in [3.8, 4) is 0 Å². The molecule has 2 aromatic rings. The molecule has 0 bridgehead atoms. The third kappa shape index (κ3) is 4.88. The number of nitrogens with zero attached hydrogens (tertiary/aromatic N) is 2. The van der Waals surface area contributed by atoms with Crippen LogP contribution in [0.3, 0.4) is 0 Å². The van der Waals surface area contributed by atoms with E-state index in [1.165, 1.54) is 18.2 Å². The van der Waals surface area contributed by atoms with Crippen LogP contribution < -0.4 is 10.2 Å². The van der Waals surface area contributed by atoms with E-state index < -0.39 is 29.4 Å². The number of hydrogen-bond donors (Lipinski definition) is 1. The van der Waals surface area contributed by atoms with E-state index in [1.54, 1.807) is 12.1 Å². The highest BCUT2D eigenvalue weighted by atomic mass is 32.2. The molecular weight excluding hydrogens is 405 g/mol. The summed E-state index contributed by atoms with van der Waals surface area (Å²) < 4.78 is 13.7. The number of carbonyl (C=O) groups excluding carboxylic acids is 3. The standard InChI is InChI=1S/C22H22FN3O3S/c1-3-25(4-2)16-11-9-15(10-12-16)13-19-21(28)26(22(29)30-19)14-20(27)24-18-8-6-5-7-17(18)23/h5-13H,3-4,14H2,1-2H3,(H,24,27). The molecule has 0 atom stereocenters. The van der Waals surface area contributed by atoms with Gasteiger partial charge in [0.25, 0.3) is 11.1 Å². The number of hydrogen-bond acceptors (Lipinski definition) is 5. The number of anilines is 2. The average molecular weight is 428 g/mol. The molecule has 0 radical (unpaired) electrons. The molecule has 1 fully saturated rings. The minimum atomic E-state index is -0.646. The van der Waals surface area contributed by atoms with Crippen molar-refractivity contribution in [1.82, 2.24) is 4.90 Å². The van der Waals surface area contributed by atoms with Crippen molar-refractivity contribution >= 4 is 46.3 Å². The number of amides is 3. The Balaban J connectivity index is 1.68. The van der Waals surface area contributed by atoms with Crippen LogP contribution in [0.1, 0.15) is 19.4 Å². The Morgan fingerprint density at radius 1 is 1.10 bits per heavy atom. The molecule has 1 N–H and O–H groups in total. The van der Waals surface area contributed by atoms with Crippen LogP contribution >= 0.6 is 11.8 Å². The van der Waals surface area contributed by atoms with Crippen LogP contribution in [-0.4, -0.2) is 41.6 Å². The smallest absolute Gasteiger partial charge is 0.294 e. The van der Waals surface area contributed by atoms with Gasteiger partial charge in [-0.2, -0.15) is 0 Å². The Morgan fingerprint density at radius 2 is 1.77 bits per heavy atom. The number of nitrogens with one attached hydrogen (secondary N) is 1. The molecule has 30 heavy (non-hydrogen) atoms. The van der Waals surface area contributed by atoms with Crippen molar-refractivity contribution in [1.29, 1.82) is 0 Å². The normalized spacial score (nSPS) is 15.0. The van der Waals surface area contributed by atoms with Crippen molar-refractivity contribution < 1.29 is 18.8 Å². The van der Waals surface area contributed by atoms with Crippen LogP contribution in [0, 0.1) is 5.82 Å². The van der Waals surface area contributed by atoms with E-state index in [0.717, 1.165) is 41.0 Å². The molecule has 0 unspecified atom stereocenters. The van der Waals surface area contributed by atoms with Gasteiger partial charge in [0.05, 0.1) is 10.6 Å². The topological polar surface area (TPSA) is 69.7 Å². The number of imide groups is 1. The van der Waals surface area contributed by atoms with E-state index in [1.807, 2.05) is 24.3 Å². The zero-order chi connectivity index (χ0) is 21.7. The highest BCUT2D eigenvalue weighted by Crippen LogP contribution is 2.32. The lowest BCUT2D eigenvalue weighted by atomic mass is 10.1. The zero-order valence-corrected chi connectivity index (χ0v) is 17.5. The lowest BCUT2D eigenvalue weighted by Crippen LogP contribution is -2.36. The largest absolute Gasteiger partial charge is 0.372 e. The van der Waals surface area contributed by atoms with Gasteiger partial charge >= 0.3 is 0 Å². The van der Waals surface area contributed by atoms with E-state index in [4.69, 9.17) is 0 Å². The summed E-state index contributed by atoms with van der Waals surface area (Å²) in [7, 11) is 0. The number of carbonyl (C=O) groups is 3. The molecular formula is C22H22FN3O3S. The summed E-state index contributed by atoms with van der Waals surface area (Å²) in [5.74, 6) is -1.78. The first-order valence-corrected chi connectivity index (χ1v) is 10.4. The van der Waals surface area contributed by atoms with Crippen LogP contribution in [0.15, 0.2) is 53.4 Å². The maximum atomic E-state index is 13.7. The minimum Gasteiger partial charge on any atom is -0.372 e. The van der Waals surface area contributed by atoms with Crippen LogP contribution in [0.25, 0.3) is 6.08 Å². The Hall–Kier alpha value is -3.13. The second kappa shape index (κ2) is 9.58. The Morgan fingerprint density at radius 3 is 2.40 bits per heavy atom. The molecule has 0 spiro atoms. The summed E-state index contributed by atoms with van der Waals surface area (Å²) in [6, 6.07) is 13.4. The van der Waals surface area contributed by atoms with Gasteiger partial charge in [-0.1, -0.05) is 24.3 Å². The predicted octanol–water partition coefficient (Wildman–Crippen LogP) is 4.35. The minimum absolute atomic E-state index is 0.00157. The van der Waals surface area contributed by atoms with Crippen molar-refractivity contribution in [3.63, 3.8) is 0 Å². The van der Waals surface area contributed by atoms with E-state index in [9.17, 15) is 18.8 Å². The van der Waals surface area contributed by atoms with Gasteiger partial charge in [0.2, 0.25) is 5.91 Å². The van der Waals surface area contributed by atoms with Gasteiger partial charge in [0, 0.05) is 18.8 Å². The van der Waals surface area contributed by atoms with Gasteiger partial charge in [0.1, 0.15) is 12.4 Å². The highest BCUT2D eigenvalue weighted by molar-refractivity contribution is 8.18. The lowest BCUT2D eigenvalue weighted by molar-refractivity contribution is -0.127. The summed E-state index contributed by atoms with van der Waals surface area (Å²) >= 11 is 0.782. The van der Waals surface area contributed by atoms with Crippen LogP contribution in [0.2, 0.25) is 0 Å². The average Bonchev–Trinajstić information content (AvgIpc) is 2.99. The van der Waals surface area contributed by atoms with E-state index in [2.05, 4.69) is 24.1 Å². The molecule has 1 aliphatic rings. The van der Waals surface area contributed by atoms with E-state index >= 15 is 0 Å². The Kier molecular flexibility index (Phi) is 6.89. The van der Waals surface area contributed by atoms with Crippen LogP contribution in [-0.2, 0) is 9.59 Å². The first-order valence-electron chi connectivity index (χ1n) is 9.57. The second-order valence-electron chi connectivity index (χ2n) is 6.56. The molecule has 2 aromatic carbocycles. The second-order valence-corrected chi connectivity index (χ2v) is 7.55. The van der Waals surface area contributed by atoms with Gasteiger partial charge < -0.3 is 10.2 Å². The Labute approximate surface area is 178 Å². The van der Waals surface area contributed by atoms with Gasteiger partial charge in [-0.15, -0.1) is 0 Å². The summed E-state index contributed by atoms with van der Waals surface area (Å²) in [4.78, 5) is 40.3. The fourth-order valence-corrected chi connectivity index (χ4v) is 3.89. The maximum Gasteiger partial charge on any atom is 0.294 e. The summed E-state index contributed by atoms with van der Waals surface area (Å²) in [6.07, 6.45) is 1.63. The number of para-hydroxylation sites is 1. The SMILES string of the molecule is CCN(CC)c1ccc(C=C2SC(=O)N(CC(=O)Nc3ccccc3F)C2=O)cc1. The molecule has 8 heteroatoms. The summed E-state index contributed by atoms with van der Waals surface area (Å²) in [5, 5.41) is 1.84. The van der Waals surface area contributed by atoms with Crippen molar-refractivity contribution in [3.05, 3.63) is 64.8 Å². The molecule has 1 heterocycles. The maximum absolute atomic E-state index is 13.7. The number of rotatable bonds is 7. The quantitative estimate of drug-likeness (QED) is 0.666. The number of halogens is 1. The fourth-order valence-electron chi connectivity index (χ4n) is 3.05. The van der Waals surface area contributed by atoms with E-state index in [-0.39, 0.29) is 10.6 Å². The van der Waals surface area contributed by atoms with Crippen molar-refractivity contribution in [2.75, 3.05) is 29.9 Å². The van der Waals surface area contributed by atoms with Gasteiger partial charge in [-0.05, 0) is 61.5 Å². The van der Waals surface area contributed by atoms with E-state index in [0.29, 0.717) is 0 Å². The first-order chi connectivity index (χ1) is 14.4. The molecule has 6 nitrogen and oxygen atoms in total. The van der Waals surface area contributed by atoms with Gasteiger partial charge in [0.15, 0.2) is 0 Å². The molecule has 156 valence electrons. The highest BCUT2D eigenvalue weighted by Gasteiger charge is 2.36. The number of thioether (sulfide) groups is 1. The molecule has 0 aromatic heterocycles. The monoisotopic (exact) mass is 427 g/mol. The molecule has 1 aliphatic heterocycles. The summed E-state index contributed by atoms with van der Waals surface area (Å²) in [5.41, 5.74) is 1.86. The fraction of sp³-hybridized carbons (Fsp3) is 0.227. The first kappa shape index (κ1) is 21.6. The Bertz CT molecular complexity index is 987. The summed E-state index contributed by atoms with van der Waals surface area (Å²) in [6.45, 7) is 5.47.